The standard InChI is InChI=1S/C39H36FN5O6/c1-48-35-23-28-31(24-36(35)50-19-7-16-44-17-20-49-21-18-44)41-15-14-33(28)51-34-13-12-27(22-29(34)40)42-38(46)37-39(47)45(25-26-8-3-2-4-9-26)32-11-6-5-10-30(32)43-37/h2-6,8-15,22-24H,7,16-21,25H2,1H3,(H,42,46). The number of ether oxygens (including phenoxy) is 4. The number of para-hydroxylation sites is 2. The van der Waals surface area contributed by atoms with Gasteiger partial charge in [0.25, 0.3) is 11.5 Å². The fourth-order valence-corrected chi connectivity index (χ4v) is 6.02. The van der Waals surface area contributed by atoms with E-state index in [2.05, 4.69) is 20.2 Å². The summed E-state index contributed by atoms with van der Waals surface area (Å²) >= 11 is 0. The Morgan fingerprint density at radius 1 is 0.902 bits per heavy atom. The van der Waals surface area contributed by atoms with Crippen LogP contribution in [0.15, 0.2) is 102 Å². The predicted octanol–water partition coefficient (Wildman–Crippen LogP) is 6.29. The van der Waals surface area contributed by atoms with Crippen LogP contribution in [0.5, 0.6) is 23.0 Å². The first-order valence-electron chi connectivity index (χ1n) is 16.7. The summed E-state index contributed by atoms with van der Waals surface area (Å²) in [6.45, 7) is 5.02. The number of hydrogen-bond acceptors (Lipinski definition) is 9. The lowest BCUT2D eigenvalue weighted by Gasteiger charge is -2.26. The highest BCUT2D eigenvalue weighted by molar-refractivity contribution is 6.03. The number of carbonyl (C=O) groups is 1. The molecule has 51 heavy (non-hydrogen) atoms. The highest BCUT2D eigenvalue weighted by atomic mass is 19.1. The number of fused-ring (bicyclic) bond motifs is 2. The highest BCUT2D eigenvalue weighted by Crippen LogP contribution is 2.38. The van der Waals surface area contributed by atoms with Gasteiger partial charge in [-0.15, -0.1) is 0 Å². The zero-order valence-electron chi connectivity index (χ0n) is 28.0. The number of anilines is 1. The van der Waals surface area contributed by atoms with E-state index >= 15 is 4.39 Å². The molecule has 6 aromatic rings. The van der Waals surface area contributed by atoms with Crippen molar-refractivity contribution >= 4 is 33.5 Å². The summed E-state index contributed by atoms with van der Waals surface area (Å²) in [7, 11) is 1.55. The van der Waals surface area contributed by atoms with E-state index in [9.17, 15) is 9.59 Å². The van der Waals surface area contributed by atoms with Crippen LogP contribution in [0.1, 0.15) is 22.5 Å². The molecule has 1 saturated heterocycles. The lowest BCUT2D eigenvalue weighted by atomic mass is 10.1. The van der Waals surface area contributed by atoms with Crippen LogP contribution in [0.2, 0.25) is 0 Å². The molecule has 0 unspecified atom stereocenters. The van der Waals surface area contributed by atoms with Gasteiger partial charge in [0.15, 0.2) is 28.8 Å². The van der Waals surface area contributed by atoms with Gasteiger partial charge in [0.05, 0.1) is 50.0 Å². The second-order valence-electron chi connectivity index (χ2n) is 12.0. The molecule has 1 amide bonds. The lowest BCUT2D eigenvalue weighted by molar-refractivity contribution is 0.0357. The topological polar surface area (TPSA) is 117 Å². The van der Waals surface area contributed by atoms with Crippen LogP contribution in [0, 0.1) is 5.82 Å². The molecule has 0 atom stereocenters. The molecule has 1 fully saturated rings. The molecular formula is C39H36FN5O6. The number of benzene rings is 4. The Hall–Kier alpha value is -5.85. The Labute approximate surface area is 293 Å². The molecule has 3 heterocycles. The molecule has 4 aromatic carbocycles. The average Bonchev–Trinajstić information content (AvgIpc) is 3.16. The van der Waals surface area contributed by atoms with Gasteiger partial charge < -0.3 is 28.8 Å². The minimum atomic E-state index is -0.757. The van der Waals surface area contributed by atoms with Crippen molar-refractivity contribution in [3.63, 3.8) is 0 Å². The molecule has 0 saturated carbocycles. The second-order valence-corrected chi connectivity index (χ2v) is 12.0. The number of nitrogens with one attached hydrogen (secondary N) is 1. The van der Waals surface area contributed by atoms with Crippen molar-refractivity contribution in [2.45, 2.75) is 13.0 Å². The number of morpholine rings is 1. The maximum Gasteiger partial charge on any atom is 0.283 e. The number of carbonyl (C=O) groups excluding carboxylic acids is 1. The molecule has 1 aliphatic rings. The van der Waals surface area contributed by atoms with Crippen LogP contribution < -0.4 is 25.1 Å². The minimum absolute atomic E-state index is 0.0723. The van der Waals surface area contributed by atoms with Crippen LogP contribution in [0.3, 0.4) is 0 Å². The van der Waals surface area contributed by atoms with Crippen molar-refractivity contribution in [1.29, 1.82) is 0 Å². The van der Waals surface area contributed by atoms with Gasteiger partial charge in [0.1, 0.15) is 5.75 Å². The minimum Gasteiger partial charge on any atom is -0.493 e. The van der Waals surface area contributed by atoms with Gasteiger partial charge in [-0.25, -0.2) is 9.37 Å². The summed E-state index contributed by atoms with van der Waals surface area (Å²) < 4.78 is 40.1. The molecule has 0 radical (unpaired) electrons. The smallest absolute Gasteiger partial charge is 0.283 e. The van der Waals surface area contributed by atoms with E-state index in [4.69, 9.17) is 18.9 Å². The van der Waals surface area contributed by atoms with Crippen molar-refractivity contribution in [1.82, 2.24) is 19.4 Å². The molecule has 0 bridgehead atoms. The number of nitrogens with zero attached hydrogens (tertiary/aromatic N) is 4. The average molecular weight is 690 g/mol. The normalized spacial score (nSPS) is 13.3. The molecule has 0 spiro atoms. The van der Waals surface area contributed by atoms with Crippen molar-refractivity contribution < 1.29 is 28.1 Å². The van der Waals surface area contributed by atoms with E-state index in [-0.39, 0.29) is 23.7 Å². The van der Waals surface area contributed by atoms with Gasteiger partial charge in [0, 0.05) is 49.0 Å². The van der Waals surface area contributed by atoms with Crippen molar-refractivity contribution in [2.75, 3.05) is 51.9 Å². The van der Waals surface area contributed by atoms with Crippen LogP contribution in [0.4, 0.5) is 10.1 Å². The van der Waals surface area contributed by atoms with Crippen LogP contribution in [0.25, 0.3) is 21.9 Å². The SMILES string of the molecule is COc1cc2c(Oc3ccc(NC(=O)c4nc5ccccc5n(Cc5ccccc5)c4=O)cc3F)ccnc2cc1OCCCN1CCOCC1. The largest absolute Gasteiger partial charge is 0.493 e. The van der Waals surface area contributed by atoms with Gasteiger partial charge in [-0.2, -0.15) is 0 Å². The van der Waals surface area contributed by atoms with Crippen LogP contribution in [-0.2, 0) is 11.3 Å². The monoisotopic (exact) mass is 689 g/mol. The van der Waals surface area contributed by atoms with Gasteiger partial charge in [0.2, 0.25) is 0 Å². The maximum absolute atomic E-state index is 15.5. The Bertz CT molecular complexity index is 2240. The van der Waals surface area contributed by atoms with E-state index in [1.807, 2.05) is 36.4 Å². The summed E-state index contributed by atoms with van der Waals surface area (Å²) in [6, 6.07) is 25.8. The van der Waals surface area contributed by atoms with E-state index in [1.54, 1.807) is 49.7 Å². The van der Waals surface area contributed by atoms with Crippen molar-refractivity contribution in [3.05, 3.63) is 125 Å². The summed E-state index contributed by atoms with van der Waals surface area (Å²) in [4.78, 5) is 38.1. The first-order chi connectivity index (χ1) is 25.0. The Kier molecular flexibility index (Phi) is 10.1. The highest BCUT2D eigenvalue weighted by Gasteiger charge is 2.20. The lowest BCUT2D eigenvalue weighted by Crippen LogP contribution is -2.37. The van der Waals surface area contributed by atoms with Gasteiger partial charge in [-0.3, -0.25) is 19.5 Å². The number of rotatable bonds is 12. The molecule has 0 aliphatic carbocycles. The quantitative estimate of drug-likeness (QED) is 0.148. The van der Waals surface area contributed by atoms with Gasteiger partial charge >= 0.3 is 0 Å². The number of halogens is 1. The Morgan fingerprint density at radius 3 is 2.51 bits per heavy atom. The second kappa shape index (κ2) is 15.4. The van der Waals surface area contributed by atoms with E-state index in [1.165, 1.54) is 16.7 Å². The first-order valence-corrected chi connectivity index (χ1v) is 16.7. The maximum atomic E-state index is 15.5. The van der Waals surface area contributed by atoms with E-state index in [0.717, 1.165) is 50.9 Å². The number of hydrogen-bond donors (Lipinski definition) is 1. The molecule has 1 aliphatic heterocycles. The first kappa shape index (κ1) is 33.6. The van der Waals surface area contributed by atoms with Crippen LogP contribution in [-0.4, -0.2) is 71.9 Å². The zero-order valence-corrected chi connectivity index (χ0v) is 28.0. The molecule has 260 valence electrons. The number of aromatic nitrogens is 3. The van der Waals surface area contributed by atoms with Crippen molar-refractivity contribution in [2.24, 2.45) is 0 Å². The molecular weight excluding hydrogens is 653 g/mol. The molecule has 2 aromatic heterocycles. The fourth-order valence-electron chi connectivity index (χ4n) is 6.02. The zero-order chi connectivity index (χ0) is 35.2. The summed E-state index contributed by atoms with van der Waals surface area (Å²) in [5.74, 6) is -0.153. The van der Waals surface area contributed by atoms with E-state index < -0.39 is 17.3 Å². The third-order valence-electron chi connectivity index (χ3n) is 8.63. The van der Waals surface area contributed by atoms with Gasteiger partial charge in [-0.05, 0) is 48.4 Å². The number of pyridine rings is 1. The van der Waals surface area contributed by atoms with E-state index in [0.29, 0.717) is 45.8 Å². The number of methoxy groups -OCH3 is 1. The Morgan fingerprint density at radius 2 is 1.71 bits per heavy atom. The summed E-state index contributed by atoms with van der Waals surface area (Å²) in [5, 5.41) is 3.22. The summed E-state index contributed by atoms with van der Waals surface area (Å²) in [5.41, 5.74) is 1.83. The fraction of sp³-hybridized carbons (Fsp3) is 0.231. The predicted molar refractivity (Wildman–Crippen MR) is 192 cm³/mol. The third-order valence-corrected chi connectivity index (χ3v) is 8.63. The summed E-state index contributed by atoms with van der Waals surface area (Å²) in [6.07, 6.45) is 2.42. The molecule has 1 N–H and O–H groups in total. The number of amides is 1. The molecule has 12 heteroatoms. The third kappa shape index (κ3) is 7.67. The van der Waals surface area contributed by atoms with Crippen molar-refractivity contribution in [3.8, 4) is 23.0 Å². The van der Waals surface area contributed by atoms with Crippen LogP contribution >= 0.6 is 0 Å². The molecule has 11 nitrogen and oxygen atoms in total. The molecule has 7 rings (SSSR count). The van der Waals surface area contributed by atoms with Gasteiger partial charge in [-0.1, -0.05) is 42.5 Å². The Balaban J connectivity index is 1.07.